The van der Waals surface area contributed by atoms with Gasteiger partial charge in [0.2, 0.25) is 5.91 Å². The van der Waals surface area contributed by atoms with E-state index in [9.17, 15) is 13.2 Å². The summed E-state index contributed by atoms with van der Waals surface area (Å²) in [6.45, 7) is 4.43. The van der Waals surface area contributed by atoms with E-state index in [0.717, 1.165) is 23.2 Å². The number of nitrogens with zero attached hydrogens (tertiary/aromatic N) is 2. The van der Waals surface area contributed by atoms with Gasteiger partial charge >= 0.3 is 10.3 Å². The Labute approximate surface area is 193 Å². The molecule has 1 amide bonds. The largest absolute Gasteiger partial charge is 0.357 e. The Morgan fingerprint density at radius 2 is 1.81 bits per heavy atom. The Hall–Kier alpha value is -2.75. The van der Waals surface area contributed by atoms with E-state index in [1.54, 1.807) is 29.2 Å². The van der Waals surface area contributed by atoms with Crippen LogP contribution in [0.15, 0.2) is 60.0 Å². The van der Waals surface area contributed by atoms with Gasteiger partial charge in [0.05, 0.1) is 11.4 Å². The van der Waals surface area contributed by atoms with Crippen molar-refractivity contribution in [3.05, 3.63) is 76.8 Å². The Morgan fingerprint density at radius 3 is 2.41 bits per heavy atom. The van der Waals surface area contributed by atoms with Crippen LogP contribution in [0.2, 0.25) is 0 Å². The highest BCUT2D eigenvalue weighted by molar-refractivity contribution is 7.87. The van der Waals surface area contributed by atoms with Crippen molar-refractivity contribution in [3.63, 3.8) is 0 Å². The summed E-state index contributed by atoms with van der Waals surface area (Å²) in [7, 11) is -4.31. The van der Waals surface area contributed by atoms with Crippen LogP contribution in [0.1, 0.15) is 30.7 Å². The van der Waals surface area contributed by atoms with Crippen molar-refractivity contribution in [2.24, 2.45) is 5.92 Å². The normalized spacial score (nSPS) is 12.3. The lowest BCUT2D eigenvalue weighted by Crippen LogP contribution is -2.37. The highest BCUT2D eigenvalue weighted by Crippen LogP contribution is 2.24. The van der Waals surface area contributed by atoms with E-state index in [4.69, 9.17) is 4.55 Å². The number of hydrogen-bond donors (Lipinski definition) is 2. The molecule has 0 saturated carbocycles. The van der Waals surface area contributed by atoms with Crippen LogP contribution in [0, 0.1) is 5.92 Å². The quantitative estimate of drug-likeness (QED) is 0.426. The maximum absolute atomic E-state index is 13.4. The zero-order chi connectivity index (χ0) is 23.1. The number of carbonyl (C=O) groups excluding carboxylic acids is 1. The lowest BCUT2D eigenvalue weighted by atomic mass is 9.99. The van der Waals surface area contributed by atoms with E-state index < -0.39 is 10.3 Å². The van der Waals surface area contributed by atoms with Gasteiger partial charge in [0, 0.05) is 17.8 Å². The molecular formula is C23H27N3O4S2. The number of amides is 1. The fourth-order valence-corrected chi connectivity index (χ4v) is 4.71. The van der Waals surface area contributed by atoms with E-state index in [0.29, 0.717) is 24.5 Å². The van der Waals surface area contributed by atoms with Crippen LogP contribution in [0.5, 0.6) is 0 Å². The average molecular weight is 474 g/mol. The molecule has 0 aliphatic carbocycles. The first-order valence-electron chi connectivity index (χ1n) is 10.4. The number of aromatic nitrogens is 1. The molecule has 0 fully saturated rings. The monoisotopic (exact) mass is 473 g/mol. The standard InChI is InChI=1S/C23H27N3O4S2/c1-3-20-16-31-23(24-20)26(22(27)17(2)15-19-7-5-4-6-8-19)14-13-18-9-11-21(12-10-18)25-32(28,29)30/h4-12,16-17,25H,3,13-15H2,1-2H3,(H,28,29,30). The van der Waals surface area contributed by atoms with Crippen molar-refractivity contribution < 1.29 is 17.8 Å². The van der Waals surface area contributed by atoms with E-state index >= 15 is 0 Å². The highest BCUT2D eigenvalue weighted by atomic mass is 32.2. The summed E-state index contributed by atoms with van der Waals surface area (Å²) < 4.78 is 32.8. The van der Waals surface area contributed by atoms with Gasteiger partial charge in [-0.25, -0.2) is 4.98 Å². The van der Waals surface area contributed by atoms with Crippen LogP contribution in [0.4, 0.5) is 10.8 Å². The molecule has 7 nitrogen and oxygen atoms in total. The van der Waals surface area contributed by atoms with Crippen molar-refractivity contribution in [2.75, 3.05) is 16.2 Å². The summed E-state index contributed by atoms with van der Waals surface area (Å²) in [6.07, 6.45) is 2.04. The summed E-state index contributed by atoms with van der Waals surface area (Å²) in [4.78, 5) is 19.7. The van der Waals surface area contributed by atoms with Gasteiger partial charge in [-0.15, -0.1) is 11.3 Å². The molecule has 0 saturated heterocycles. The zero-order valence-electron chi connectivity index (χ0n) is 18.1. The number of aryl methyl sites for hydroxylation is 1. The molecule has 32 heavy (non-hydrogen) atoms. The van der Waals surface area contributed by atoms with Crippen molar-refractivity contribution in [2.45, 2.75) is 33.1 Å². The molecule has 2 N–H and O–H groups in total. The Bertz CT molecular complexity index is 1130. The van der Waals surface area contributed by atoms with Crippen LogP contribution in [-0.2, 0) is 34.4 Å². The topological polar surface area (TPSA) is 99.6 Å². The minimum absolute atomic E-state index is 0.0236. The number of thiazole rings is 1. The summed E-state index contributed by atoms with van der Waals surface area (Å²) >= 11 is 1.47. The first-order chi connectivity index (χ1) is 15.2. The maximum Gasteiger partial charge on any atom is 0.357 e. The third-order valence-electron chi connectivity index (χ3n) is 5.03. The second-order valence-corrected chi connectivity index (χ2v) is 9.57. The third-order valence-corrected chi connectivity index (χ3v) is 6.44. The molecule has 1 unspecified atom stereocenters. The van der Waals surface area contributed by atoms with Gasteiger partial charge in [0.25, 0.3) is 0 Å². The van der Waals surface area contributed by atoms with E-state index in [-0.39, 0.29) is 17.5 Å². The fraction of sp³-hybridized carbons (Fsp3) is 0.304. The second-order valence-electron chi connectivity index (χ2n) is 7.58. The number of benzene rings is 2. The smallest absolute Gasteiger partial charge is 0.288 e. The first kappa shape index (κ1) is 23.9. The molecular weight excluding hydrogens is 446 g/mol. The minimum Gasteiger partial charge on any atom is -0.288 e. The predicted octanol–water partition coefficient (Wildman–Crippen LogP) is 4.37. The lowest BCUT2D eigenvalue weighted by Gasteiger charge is -2.24. The average Bonchev–Trinajstić information content (AvgIpc) is 3.23. The van der Waals surface area contributed by atoms with Crippen molar-refractivity contribution in [3.8, 4) is 0 Å². The van der Waals surface area contributed by atoms with Gasteiger partial charge in [-0.2, -0.15) is 8.42 Å². The number of hydrogen-bond acceptors (Lipinski definition) is 5. The molecule has 0 aliphatic heterocycles. The van der Waals surface area contributed by atoms with Crippen molar-refractivity contribution in [1.29, 1.82) is 0 Å². The van der Waals surface area contributed by atoms with Crippen LogP contribution < -0.4 is 9.62 Å². The van der Waals surface area contributed by atoms with Crippen LogP contribution >= 0.6 is 11.3 Å². The van der Waals surface area contributed by atoms with Crippen molar-refractivity contribution >= 4 is 38.4 Å². The zero-order valence-corrected chi connectivity index (χ0v) is 19.7. The first-order valence-corrected chi connectivity index (χ1v) is 12.7. The highest BCUT2D eigenvalue weighted by Gasteiger charge is 2.24. The number of rotatable bonds is 10. The number of carbonyl (C=O) groups is 1. The van der Waals surface area contributed by atoms with Crippen molar-refractivity contribution in [1.82, 2.24) is 4.98 Å². The number of anilines is 2. The summed E-state index contributed by atoms with van der Waals surface area (Å²) in [5, 5.41) is 2.67. The molecule has 1 aromatic heterocycles. The van der Waals surface area contributed by atoms with Crippen LogP contribution in [0.3, 0.4) is 0 Å². The molecule has 170 valence electrons. The minimum atomic E-state index is -4.31. The van der Waals surface area contributed by atoms with E-state index in [1.807, 2.05) is 54.3 Å². The molecule has 0 bridgehead atoms. The van der Waals surface area contributed by atoms with Gasteiger partial charge in [-0.1, -0.05) is 56.3 Å². The Morgan fingerprint density at radius 1 is 1.12 bits per heavy atom. The molecule has 2 aromatic carbocycles. The maximum atomic E-state index is 13.4. The third kappa shape index (κ3) is 6.88. The molecule has 1 atom stereocenters. The number of nitrogens with one attached hydrogen (secondary N) is 1. The molecule has 0 radical (unpaired) electrons. The Balaban J connectivity index is 1.73. The van der Waals surface area contributed by atoms with Gasteiger partial charge in [0.1, 0.15) is 0 Å². The van der Waals surface area contributed by atoms with Crippen LogP contribution in [-0.4, -0.2) is 30.4 Å². The molecule has 0 aliphatic rings. The van der Waals surface area contributed by atoms with Gasteiger partial charge in [-0.05, 0) is 42.5 Å². The molecule has 1 heterocycles. The summed E-state index contributed by atoms with van der Waals surface area (Å²) in [5.74, 6) is -0.178. The van der Waals surface area contributed by atoms with Gasteiger partial charge in [-0.3, -0.25) is 19.0 Å². The lowest BCUT2D eigenvalue weighted by molar-refractivity contribution is -0.121. The summed E-state index contributed by atoms with van der Waals surface area (Å²) in [6, 6.07) is 16.6. The fourth-order valence-electron chi connectivity index (χ4n) is 3.33. The SMILES string of the molecule is CCc1csc(N(CCc2ccc(NS(=O)(=O)O)cc2)C(=O)C(C)Cc2ccccc2)n1. The Kier molecular flexibility index (Phi) is 8.00. The molecule has 3 aromatic rings. The summed E-state index contributed by atoms with van der Waals surface area (Å²) in [5.41, 5.74) is 3.28. The predicted molar refractivity (Wildman–Crippen MR) is 128 cm³/mol. The van der Waals surface area contributed by atoms with Gasteiger partial charge in [0.15, 0.2) is 5.13 Å². The van der Waals surface area contributed by atoms with E-state index in [2.05, 4.69) is 4.98 Å². The molecule has 9 heteroatoms. The van der Waals surface area contributed by atoms with Crippen LogP contribution in [0.25, 0.3) is 0 Å². The molecule has 3 rings (SSSR count). The van der Waals surface area contributed by atoms with E-state index in [1.165, 1.54) is 11.3 Å². The molecule has 0 spiro atoms. The second kappa shape index (κ2) is 10.7. The van der Waals surface area contributed by atoms with Gasteiger partial charge < -0.3 is 0 Å².